The molecule has 0 saturated carbocycles. The smallest absolute Gasteiger partial charge is 0.0349 e. The summed E-state index contributed by atoms with van der Waals surface area (Å²) in [5.74, 6) is 0. The molecular formula is C18H18S. The van der Waals surface area contributed by atoms with E-state index in [0.717, 1.165) is 0 Å². The van der Waals surface area contributed by atoms with Crippen molar-refractivity contribution < 1.29 is 0 Å². The van der Waals surface area contributed by atoms with Gasteiger partial charge in [0.2, 0.25) is 0 Å². The summed E-state index contributed by atoms with van der Waals surface area (Å²) in [6.45, 7) is 6.79. The predicted octanol–water partition coefficient (Wildman–Crippen LogP) is 5.87. The molecule has 2 aromatic carbocycles. The van der Waals surface area contributed by atoms with E-state index in [9.17, 15) is 0 Å². The third-order valence-corrected chi connectivity index (χ3v) is 4.48. The zero-order valence-corrected chi connectivity index (χ0v) is 12.4. The molecule has 0 spiro atoms. The van der Waals surface area contributed by atoms with E-state index in [1.54, 1.807) is 0 Å². The van der Waals surface area contributed by atoms with Crippen molar-refractivity contribution in [2.45, 2.75) is 26.2 Å². The number of hydrogen-bond donors (Lipinski definition) is 0. The second kappa shape index (κ2) is 4.50. The molecule has 0 radical (unpaired) electrons. The molecule has 0 aliphatic carbocycles. The summed E-state index contributed by atoms with van der Waals surface area (Å²) in [4.78, 5) is 0. The van der Waals surface area contributed by atoms with Crippen LogP contribution in [0.2, 0.25) is 0 Å². The van der Waals surface area contributed by atoms with Gasteiger partial charge in [0.25, 0.3) is 0 Å². The first-order valence-electron chi connectivity index (χ1n) is 6.63. The van der Waals surface area contributed by atoms with Crippen molar-refractivity contribution in [3.8, 4) is 11.1 Å². The topological polar surface area (TPSA) is 0 Å². The van der Waals surface area contributed by atoms with Gasteiger partial charge in [0.15, 0.2) is 0 Å². The number of thiophene rings is 1. The summed E-state index contributed by atoms with van der Waals surface area (Å²) in [7, 11) is 0. The SMILES string of the molecule is CC(C)(C)c1cccc(-c2csc3ccccc23)c1. The fourth-order valence-electron chi connectivity index (χ4n) is 2.35. The van der Waals surface area contributed by atoms with Crippen LogP contribution in [-0.4, -0.2) is 0 Å². The minimum Gasteiger partial charge on any atom is -0.143 e. The van der Waals surface area contributed by atoms with E-state index in [1.807, 2.05) is 11.3 Å². The van der Waals surface area contributed by atoms with Crippen molar-refractivity contribution in [1.82, 2.24) is 0 Å². The number of fused-ring (bicyclic) bond motifs is 1. The molecule has 19 heavy (non-hydrogen) atoms. The highest BCUT2D eigenvalue weighted by molar-refractivity contribution is 7.17. The van der Waals surface area contributed by atoms with Gasteiger partial charge in [0, 0.05) is 15.6 Å². The lowest BCUT2D eigenvalue weighted by Gasteiger charge is -2.19. The molecule has 1 aromatic heterocycles. The summed E-state index contributed by atoms with van der Waals surface area (Å²) in [6.07, 6.45) is 0. The molecule has 0 fully saturated rings. The van der Waals surface area contributed by atoms with E-state index in [0.29, 0.717) is 0 Å². The molecule has 3 rings (SSSR count). The number of rotatable bonds is 1. The van der Waals surface area contributed by atoms with Gasteiger partial charge in [-0.1, -0.05) is 63.2 Å². The summed E-state index contributed by atoms with van der Waals surface area (Å²) in [6, 6.07) is 17.6. The van der Waals surface area contributed by atoms with Crippen LogP contribution in [0, 0.1) is 0 Å². The molecule has 0 nitrogen and oxygen atoms in total. The Morgan fingerprint density at radius 1 is 0.895 bits per heavy atom. The molecule has 0 aliphatic rings. The van der Waals surface area contributed by atoms with Crippen molar-refractivity contribution in [2.24, 2.45) is 0 Å². The van der Waals surface area contributed by atoms with E-state index in [2.05, 4.69) is 74.7 Å². The van der Waals surface area contributed by atoms with Crippen LogP contribution in [0.4, 0.5) is 0 Å². The summed E-state index contributed by atoms with van der Waals surface area (Å²) < 4.78 is 1.36. The normalized spacial score (nSPS) is 11.9. The van der Waals surface area contributed by atoms with Crippen LogP contribution in [0.1, 0.15) is 26.3 Å². The Labute approximate surface area is 118 Å². The van der Waals surface area contributed by atoms with Crippen molar-refractivity contribution in [2.75, 3.05) is 0 Å². The molecule has 0 N–H and O–H groups in total. The van der Waals surface area contributed by atoms with Crippen molar-refractivity contribution in [3.05, 3.63) is 59.5 Å². The zero-order chi connectivity index (χ0) is 13.5. The third-order valence-electron chi connectivity index (χ3n) is 3.52. The van der Waals surface area contributed by atoms with Crippen LogP contribution in [0.3, 0.4) is 0 Å². The number of hydrogen-bond acceptors (Lipinski definition) is 1. The predicted molar refractivity (Wildman–Crippen MR) is 86.0 cm³/mol. The van der Waals surface area contributed by atoms with Gasteiger partial charge < -0.3 is 0 Å². The van der Waals surface area contributed by atoms with Gasteiger partial charge in [0.05, 0.1) is 0 Å². The molecule has 1 heterocycles. The quantitative estimate of drug-likeness (QED) is 0.517. The van der Waals surface area contributed by atoms with E-state index in [-0.39, 0.29) is 5.41 Å². The highest BCUT2D eigenvalue weighted by Gasteiger charge is 2.14. The van der Waals surface area contributed by atoms with Crippen LogP contribution < -0.4 is 0 Å². The average molecular weight is 266 g/mol. The van der Waals surface area contributed by atoms with Crippen LogP contribution in [0.5, 0.6) is 0 Å². The summed E-state index contributed by atoms with van der Waals surface area (Å²) in [5.41, 5.74) is 4.26. The molecule has 0 amide bonds. The molecule has 0 atom stereocenters. The lowest BCUT2D eigenvalue weighted by Crippen LogP contribution is -2.10. The van der Waals surface area contributed by atoms with E-state index < -0.39 is 0 Å². The van der Waals surface area contributed by atoms with E-state index in [1.165, 1.54) is 26.8 Å². The third kappa shape index (κ3) is 2.31. The first-order valence-corrected chi connectivity index (χ1v) is 7.51. The van der Waals surface area contributed by atoms with Gasteiger partial charge in [-0.25, -0.2) is 0 Å². The van der Waals surface area contributed by atoms with Crippen molar-refractivity contribution >= 4 is 21.4 Å². The Hall–Kier alpha value is -1.60. The fraction of sp³-hybridized carbons (Fsp3) is 0.222. The Morgan fingerprint density at radius 2 is 1.68 bits per heavy atom. The average Bonchev–Trinajstić information content (AvgIpc) is 2.82. The second-order valence-corrected chi connectivity index (χ2v) is 6.89. The van der Waals surface area contributed by atoms with E-state index >= 15 is 0 Å². The van der Waals surface area contributed by atoms with Gasteiger partial charge in [-0.15, -0.1) is 11.3 Å². The molecular weight excluding hydrogens is 248 g/mol. The van der Waals surface area contributed by atoms with Gasteiger partial charge in [-0.3, -0.25) is 0 Å². The molecule has 3 aromatic rings. The Morgan fingerprint density at radius 3 is 2.47 bits per heavy atom. The van der Waals surface area contributed by atoms with Gasteiger partial charge in [-0.2, -0.15) is 0 Å². The van der Waals surface area contributed by atoms with Gasteiger partial charge in [0.1, 0.15) is 0 Å². The zero-order valence-electron chi connectivity index (χ0n) is 11.6. The fourth-order valence-corrected chi connectivity index (χ4v) is 3.32. The standard InChI is InChI=1S/C18H18S/c1-18(2,3)14-8-6-7-13(11-14)16-12-19-17-10-5-4-9-15(16)17/h4-12H,1-3H3. The van der Waals surface area contributed by atoms with Crippen LogP contribution >= 0.6 is 11.3 Å². The Kier molecular flexibility index (Phi) is 2.94. The minimum atomic E-state index is 0.196. The van der Waals surface area contributed by atoms with Crippen LogP contribution in [0.15, 0.2) is 53.9 Å². The van der Waals surface area contributed by atoms with Crippen molar-refractivity contribution in [3.63, 3.8) is 0 Å². The number of benzene rings is 2. The first-order chi connectivity index (χ1) is 9.05. The lowest BCUT2D eigenvalue weighted by atomic mass is 9.85. The Bertz CT molecular complexity index is 714. The molecule has 96 valence electrons. The summed E-state index contributed by atoms with van der Waals surface area (Å²) in [5, 5.41) is 3.63. The second-order valence-electron chi connectivity index (χ2n) is 5.98. The highest BCUT2D eigenvalue weighted by atomic mass is 32.1. The monoisotopic (exact) mass is 266 g/mol. The maximum absolute atomic E-state index is 2.33. The molecule has 0 bridgehead atoms. The molecule has 0 unspecified atom stereocenters. The lowest BCUT2D eigenvalue weighted by molar-refractivity contribution is 0.590. The summed E-state index contributed by atoms with van der Waals surface area (Å²) >= 11 is 1.82. The van der Waals surface area contributed by atoms with Crippen LogP contribution in [-0.2, 0) is 5.41 Å². The largest absolute Gasteiger partial charge is 0.143 e. The van der Waals surface area contributed by atoms with Gasteiger partial charge >= 0.3 is 0 Å². The maximum Gasteiger partial charge on any atom is 0.0349 e. The Balaban J connectivity index is 2.17. The minimum absolute atomic E-state index is 0.196. The first kappa shape index (κ1) is 12.4. The molecule has 1 heteroatoms. The van der Waals surface area contributed by atoms with Gasteiger partial charge in [-0.05, 0) is 28.0 Å². The van der Waals surface area contributed by atoms with Crippen LogP contribution in [0.25, 0.3) is 21.2 Å². The highest BCUT2D eigenvalue weighted by Crippen LogP contribution is 2.35. The molecule has 0 saturated heterocycles. The maximum atomic E-state index is 2.33. The van der Waals surface area contributed by atoms with Crippen molar-refractivity contribution in [1.29, 1.82) is 0 Å². The molecule has 0 aliphatic heterocycles. The van der Waals surface area contributed by atoms with E-state index in [4.69, 9.17) is 0 Å².